The van der Waals surface area contributed by atoms with Gasteiger partial charge in [-0.15, -0.1) is 0 Å². The van der Waals surface area contributed by atoms with Crippen molar-refractivity contribution in [1.82, 2.24) is 19.7 Å². The van der Waals surface area contributed by atoms with Crippen molar-refractivity contribution < 1.29 is 19.4 Å². The molecule has 10 nitrogen and oxygen atoms in total. The van der Waals surface area contributed by atoms with Crippen molar-refractivity contribution in [3.8, 4) is 11.3 Å². The number of anilines is 2. The molecule has 4 aliphatic carbocycles. The molecule has 2 aromatic rings. The third kappa shape index (κ3) is 3.04. The minimum absolute atomic E-state index is 0.187. The smallest absolute Gasteiger partial charge is 0.315 e. The molecular weight excluding hydrogens is 436 g/mol. The van der Waals surface area contributed by atoms with Crippen molar-refractivity contribution in [3.63, 3.8) is 0 Å². The molecule has 4 bridgehead atoms. The van der Waals surface area contributed by atoms with Crippen molar-refractivity contribution in [2.24, 2.45) is 17.8 Å². The van der Waals surface area contributed by atoms with E-state index in [0.29, 0.717) is 56.4 Å². The first-order chi connectivity index (χ1) is 16.5. The normalized spacial score (nSPS) is 33.3. The third-order valence-corrected chi connectivity index (χ3v) is 8.65. The van der Waals surface area contributed by atoms with Crippen LogP contribution in [-0.2, 0) is 20.9 Å². The number of hydrogen-bond donors (Lipinski definition) is 4. The van der Waals surface area contributed by atoms with Crippen LogP contribution in [0.3, 0.4) is 0 Å². The SMILES string of the molecule is O=C(Nc1nn(C2[C@@H]3CC4C[C@H]2CC(O)(C4)C3)c2c1CNc1[nH]ccc1-2)C(=O)N1CCOCC1. The highest BCUT2D eigenvalue weighted by Gasteiger charge is 2.56. The van der Waals surface area contributed by atoms with Crippen molar-refractivity contribution in [1.29, 1.82) is 0 Å². The van der Waals surface area contributed by atoms with Crippen LogP contribution in [0.4, 0.5) is 11.6 Å². The Balaban J connectivity index is 1.26. The number of aromatic nitrogens is 3. The largest absolute Gasteiger partial charge is 0.390 e. The number of ether oxygens (including phenoxy) is 1. The fourth-order valence-corrected chi connectivity index (χ4v) is 7.55. The molecule has 2 amide bonds. The van der Waals surface area contributed by atoms with Crippen LogP contribution in [0.5, 0.6) is 0 Å². The van der Waals surface area contributed by atoms with Crippen LogP contribution in [0.1, 0.15) is 43.7 Å². The molecule has 3 unspecified atom stereocenters. The van der Waals surface area contributed by atoms with Crippen LogP contribution in [0.15, 0.2) is 12.3 Å². The minimum Gasteiger partial charge on any atom is -0.390 e. The molecule has 8 rings (SSSR count). The van der Waals surface area contributed by atoms with Gasteiger partial charge in [0.1, 0.15) is 5.82 Å². The molecular formula is C24H30N6O4. The lowest BCUT2D eigenvalue weighted by Gasteiger charge is -2.58. The molecule has 4 N–H and O–H groups in total. The maximum Gasteiger partial charge on any atom is 0.315 e. The summed E-state index contributed by atoms with van der Waals surface area (Å²) >= 11 is 0. The standard InChI is InChI=1S/C24H30N6O4/c31-22(23(32)29-3-5-34-6-4-29)27-21-17-12-26-20-16(1-2-25-20)19(17)30(28-21)18-14-7-13-8-15(18)11-24(33,9-13)10-14/h1-2,13-15,18,25-26,33H,3-12H2,(H,27,28,31)/t13?,14-,15+,18?,24?. The fraction of sp³-hybridized carbons (Fsp3) is 0.625. The van der Waals surface area contributed by atoms with Gasteiger partial charge in [-0.1, -0.05) is 0 Å². The number of nitrogens with zero attached hydrogens (tertiary/aromatic N) is 3. The van der Waals surface area contributed by atoms with E-state index in [-0.39, 0.29) is 6.04 Å². The second-order valence-corrected chi connectivity index (χ2v) is 10.8. The Bertz CT molecular complexity index is 1150. The summed E-state index contributed by atoms with van der Waals surface area (Å²) < 4.78 is 7.42. The topological polar surface area (TPSA) is 125 Å². The van der Waals surface area contributed by atoms with E-state index in [2.05, 4.69) is 20.3 Å². The van der Waals surface area contributed by atoms with E-state index in [0.717, 1.165) is 54.7 Å². The average Bonchev–Trinajstić information content (AvgIpc) is 3.42. The summed E-state index contributed by atoms with van der Waals surface area (Å²) in [6.07, 6.45) is 6.70. The zero-order chi connectivity index (χ0) is 23.0. The van der Waals surface area contributed by atoms with Gasteiger partial charge in [0.2, 0.25) is 0 Å². The Kier molecular flexibility index (Phi) is 4.42. The van der Waals surface area contributed by atoms with Gasteiger partial charge in [-0.05, 0) is 55.9 Å². The molecule has 10 heteroatoms. The summed E-state index contributed by atoms with van der Waals surface area (Å²) in [6, 6.07) is 2.22. The average molecular weight is 467 g/mol. The molecule has 180 valence electrons. The number of rotatable bonds is 2. The zero-order valence-electron chi connectivity index (χ0n) is 19.0. The van der Waals surface area contributed by atoms with E-state index in [9.17, 15) is 14.7 Å². The van der Waals surface area contributed by atoms with Gasteiger partial charge in [-0.3, -0.25) is 14.3 Å². The summed E-state index contributed by atoms with van der Waals surface area (Å²) in [7, 11) is 0. The van der Waals surface area contributed by atoms with Gasteiger partial charge in [0, 0.05) is 37.0 Å². The van der Waals surface area contributed by atoms with E-state index < -0.39 is 17.4 Å². The molecule has 5 atom stereocenters. The number of hydrogen-bond acceptors (Lipinski definition) is 6. The molecule has 0 aromatic carbocycles. The van der Waals surface area contributed by atoms with E-state index in [4.69, 9.17) is 9.84 Å². The summed E-state index contributed by atoms with van der Waals surface area (Å²) in [5.74, 6) is 1.53. The maximum absolute atomic E-state index is 12.9. The predicted molar refractivity (Wildman–Crippen MR) is 123 cm³/mol. The van der Waals surface area contributed by atoms with E-state index in [1.54, 1.807) is 0 Å². The minimum atomic E-state index is -0.659. The highest BCUT2D eigenvalue weighted by Crippen LogP contribution is 2.60. The molecule has 2 aromatic heterocycles. The number of morpholine rings is 1. The Hall–Kier alpha value is -2.85. The summed E-state index contributed by atoms with van der Waals surface area (Å²) in [5, 5.41) is 22.3. The highest BCUT2D eigenvalue weighted by molar-refractivity contribution is 6.39. The Morgan fingerprint density at radius 3 is 2.68 bits per heavy atom. The van der Waals surface area contributed by atoms with Gasteiger partial charge in [-0.2, -0.15) is 5.10 Å². The highest BCUT2D eigenvalue weighted by atomic mass is 16.5. The lowest BCUT2D eigenvalue weighted by Crippen LogP contribution is -2.55. The van der Waals surface area contributed by atoms with Crippen LogP contribution < -0.4 is 10.6 Å². The number of aliphatic hydroxyl groups is 1. The van der Waals surface area contributed by atoms with Gasteiger partial charge < -0.3 is 30.4 Å². The fourth-order valence-electron chi connectivity index (χ4n) is 7.55. The number of H-pyrrole nitrogens is 1. The lowest BCUT2D eigenvalue weighted by molar-refractivity contribution is -0.148. The number of aromatic amines is 1. The molecule has 6 aliphatic rings. The maximum atomic E-state index is 12.9. The van der Waals surface area contributed by atoms with Gasteiger partial charge >= 0.3 is 11.8 Å². The molecule has 4 saturated carbocycles. The first-order valence-electron chi connectivity index (χ1n) is 12.4. The molecule has 0 radical (unpaired) electrons. The lowest BCUT2D eigenvalue weighted by atomic mass is 9.52. The Morgan fingerprint density at radius 2 is 1.94 bits per heavy atom. The van der Waals surface area contributed by atoms with Crippen LogP contribution in [0.2, 0.25) is 0 Å². The van der Waals surface area contributed by atoms with Crippen molar-refractivity contribution in [2.75, 3.05) is 36.9 Å². The number of fused-ring (bicyclic) bond motifs is 3. The number of carbonyl (C=O) groups is 2. The van der Waals surface area contributed by atoms with Crippen LogP contribution in [-0.4, -0.2) is 68.5 Å². The summed E-state index contributed by atoms with van der Waals surface area (Å²) in [4.78, 5) is 30.5. The van der Waals surface area contributed by atoms with E-state index >= 15 is 0 Å². The predicted octanol–water partition coefficient (Wildman–Crippen LogP) is 1.71. The quantitative estimate of drug-likeness (QED) is 0.500. The molecule has 2 aliphatic heterocycles. The number of carbonyl (C=O) groups excluding carboxylic acids is 2. The van der Waals surface area contributed by atoms with Gasteiger partial charge in [0.05, 0.1) is 30.6 Å². The summed E-state index contributed by atoms with van der Waals surface area (Å²) in [6.45, 7) is 2.24. The van der Waals surface area contributed by atoms with Crippen LogP contribution >= 0.6 is 0 Å². The van der Waals surface area contributed by atoms with Gasteiger partial charge in [0.25, 0.3) is 0 Å². The molecule has 34 heavy (non-hydrogen) atoms. The molecule has 0 spiro atoms. The zero-order valence-corrected chi connectivity index (χ0v) is 19.0. The Morgan fingerprint density at radius 1 is 1.18 bits per heavy atom. The first-order valence-corrected chi connectivity index (χ1v) is 12.4. The van der Waals surface area contributed by atoms with Crippen molar-refractivity contribution >= 4 is 23.5 Å². The van der Waals surface area contributed by atoms with Gasteiger partial charge in [0.15, 0.2) is 5.82 Å². The second kappa shape index (κ2) is 7.32. The van der Waals surface area contributed by atoms with Crippen molar-refractivity contribution in [3.05, 3.63) is 17.8 Å². The summed E-state index contributed by atoms with van der Waals surface area (Å²) in [5.41, 5.74) is 2.42. The first kappa shape index (κ1) is 20.5. The third-order valence-electron chi connectivity index (χ3n) is 8.65. The van der Waals surface area contributed by atoms with Crippen LogP contribution in [0, 0.1) is 17.8 Å². The van der Waals surface area contributed by atoms with E-state index in [1.165, 1.54) is 4.90 Å². The molecule has 1 saturated heterocycles. The second-order valence-electron chi connectivity index (χ2n) is 10.8. The Labute approximate surface area is 197 Å². The van der Waals surface area contributed by atoms with Crippen LogP contribution in [0.25, 0.3) is 11.3 Å². The number of amides is 2. The molecule has 4 heterocycles. The van der Waals surface area contributed by atoms with E-state index in [1.807, 2.05) is 12.3 Å². The number of nitrogens with one attached hydrogen (secondary N) is 3. The van der Waals surface area contributed by atoms with Gasteiger partial charge in [-0.25, -0.2) is 0 Å². The van der Waals surface area contributed by atoms with Crippen molar-refractivity contribution in [2.45, 2.75) is 50.3 Å². The monoisotopic (exact) mass is 466 g/mol. The molecule has 5 fully saturated rings.